The predicted molar refractivity (Wildman–Crippen MR) is 115 cm³/mol. The highest BCUT2D eigenvalue weighted by Gasteiger charge is 2.13. The highest BCUT2D eigenvalue weighted by Crippen LogP contribution is 2.20. The number of unbranched alkanes of at least 4 members (excludes halogenated alkanes) is 2. The summed E-state index contributed by atoms with van der Waals surface area (Å²) in [6.07, 6.45) is 4.94. The van der Waals surface area contributed by atoms with E-state index in [4.69, 9.17) is 4.98 Å². The summed E-state index contributed by atoms with van der Waals surface area (Å²) in [7, 11) is 0. The second kappa shape index (κ2) is 10.2. The number of amides is 1. The van der Waals surface area contributed by atoms with Crippen molar-refractivity contribution in [3.63, 3.8) is 0 Å². The summed E-state index contributed by atoms with van der Waals surface area (Å²) in [5.41, 5.74) is 2.37. The van der Waals surface area contributed by atoms with Crippen LogP contribution < -0.4 is 5.32 Å². The zero-order valence-corrected chi connectivity index (χ0v) is 17.3. The topological polar surface area (TPSA) is 46.9 Å². The molecule has 0 bridgehead atoms. The smallest absolute Gasteiger partial charge is 0.254 e. The molecule has 1 atom stereocenters. The number of fused-ring (bicyclic) bond motifs is 1. The minimum absolute atomic E-state index is 0.103. The molecule has 0 spiro atoms. The molecule has 3 aromatic rings. The largest absolute Gasteiger partial charge is 0.352 e. The van der Waals surface area contributed by atoms with E-state index in [9.17, 15) is 9.18 Å². The molecule has 0 fully saturated rings. The van der Waals surface area contributed by atoms with Gasteiger partial charge in [0.1, 0.15) is 11.6 Å². The Bertz CT molecular complexity index is 950. The summed E-state index contributed by atoms with van der Waals surface area (Å²) in [6, 6.07) is 14.4. The first-order valence-corrected chi connectivity index (χ1v) is 10.6. The molecule has 0 saturated heterocycles. The second-order valence-electron chi connectivity index (χ2n) is 7.69. The Kier molecular flexibility index (Phi) is 7.39. The Balaban J connectivity index is 1.49. The van der Waals surface area contributed by atoms with Crippen LogP contribution in [0.1, 0.15) is 55.7 Å². The van der Waals surface area contributed by atoms with Crippen LogP contribution in [0.5, 0.6) is 0 Å². The van der Waals surface area contributed by atoms with Crippen LogP contribution in [-0.4, -0.2) is 22.0 Å². The molecule has 0 radical (unpaired) electrons. The predicted octanol–water partition coefficient (Wildman–Crippen LogP) is 5.36. The Morgan fingerprint density at radius 2 is 1.86 bits per heavy atom. The lowest BCUT2D eigenvalue weighted by Crippen LogP contribution is -2.25. The molecule has 29 heavy (non-hydrogen) atoms. The highest BCUT2D eigenvalue weighted by atomic mass is 19.1. The van der Waals surface area contributed by atoms with Crippen LogP contribution in [0.4, 0.5) is 4.39 Å². The van der Waals surface area contributed by atoms with Crippen molar-refractivity contribution in [1.29, 1.82) is 0 Å². The fourth-order valence-electron chi connectivity index (χ4n) is 3.49. The van der Waals surface area contributed by atoms with Gasteiger partial charge in [-0.25, -0.2) is 9.37 Å². The lowest BCUT2D eigenvalue weighted by atomic mass is 10.1. The van der Waals surface area contributed by atoms with Crippen LogP contribution in [0.15, 0.2) is 48.5 Å². The number of hydrogen-bond donors (Lipinski definition) is 1. The van der Waals surface area contributed by atoms with Gasteiger partial charge in [-0.05, 0) is 43.0 Å². The number of aromatic nitrogens is 2. The molecule has 1 amide bonds. The average molecular weight is 396 g/mol. The maximum atomic E-state index is 13.6. The zero-order chi connectivity index (χ0) is 20.6. The molecule has 154 valence electrons. The second-order valence-corrected chi connectivity index (χ2v) is 7.69. The molecule has 1 aromatic heterocycles. The van der Waals surface area contributed by atoms with E-state index in [1.165, 1.54) is 17.6 Å². The lowest BCUT2D eigenvalue weighted by molar-refractivity contribution is 0.0949. The summed E-state index contributed by atoms with van der Waals surface area (Å²) in [6.45, 7) is 6.04. The summed E-state index contributed by atoms with van der Waals surface area (Å²) in [5.74, 6) is 0.922. The molecule has 0 aliphatic carbocycles. The van der Waals surface area contributed by atoms with Gasteiger partial charge >= 0.3 is 0 Å². The molecule has 1 N–H and O–H groups in total. The summed E-state index contributed by atoms with van der Waals surface area (Å²) < 4.78 is 16.0. The van der Waals surface area contributed by atoms with Crippen LogP contribution in [0.2, 0.25) is 0 Å². The number of para-hydroxylation sites is 2. The molecule has 1 heterocycles. The van der Waals surface area contributed by atoms with E-state index in [0.29, 0.717) is 12.5 Å². The van der Waals surface area contributed by atoms with E-state index in [-0.39, 0.29) is 11.5 Å². The van der Waals surface area contributed by atoms with Gasteiger partial charge in [-0.2, -0.15) is 0 Å². The van der Waals surface area contributed by atoms with Crippen molar-refractivity contribution in [3.05, 3.63) is 65.7 Å². The number of nitrogens with zero attached hydrogens (tertiary/aromatic N) is 2. The van der Waals surface area contributed by atoms with Crippen molar-refractivity contribution in [1.82, 2.24) is 14.9 Å². The van der Waals surface area contributed by atoms with Gasteiger partial charge in [-0.3, -0.25) is 4.79 Å². The van der Waals surface area contributed by atoms with Crippen LogP contribution in [-0.2, 0) is 13.0 Å². The van der Waals surface area contributed by atoms with E-state index >= 15 is 0 Å². The van der Waals surface area contributed by atoms with Gasteiger partial charge in [0.25, 0.3) is 5.91 Å². The van der Waals surface area contributed by atoms with Crippen molar-refractivity contribution in [2.75, 3.05) is 6.54 Å². The van der Waals surface area contributed by atoms with Crippen molar-refractivity contribution >= 4 is 16.9 Å². The number of carbonyl (C=O) groups is 1. The molecular formula is C24H30FN3O. The third-order valence-electron chi connectivity index (χ3n) is 5.41. The third-order valence-corrected chi connectivity index (χ3v) is 5.41. The molecule has 4 nitrogen and oxygen atoms in total. The minimum atomic E-state index is -0.481. The van der Waals surface area contributed by atoms with Crippen LogP contribution in [0.25, 0.3) is 11.0 Å². The first-order valence-electron chi connectivity index (χ1n) is 10.6. The van der Waals surface area contributed by atoms with E-state index in [2.05, 4.69) is 41.9 Å². The van der Waals surface area contributed by atoms with Crippen LogP contribution in [0.3, 0.4) is 0 Å². The maximum absolute atomic E-state index is 13.6. The number of nitrogens with one attached hydrogen (secondary N) is 1. The van der Waals surface area contributed by atoms with Gasteiger partial charge in [-0.1, -0.05) is 51.0 Å². The summed E-state index contributed by atoms with van der Waals surface area (Å²) >= 11 is 0. The molecule has 0 saturated carbocycles. The molecule has 2 aromatic carbocycles. The van der Waals surface area contributed by atoms with Gasteiger partial charge in [0.2, 0.25) is 0 Å². The molecule has 0 aliphatic heterocycles. The van der Waals surface area contributed by atoms with E-state index in [0.717, 1.165) is 50.0 Å². The number of hydrogen-bond acceptors (Lipinski definition) is 2. The quantitative estimate of drug-likeness (QED) is 0.470. The van der Waals surface area contributed by atoms with Gasteiger partial charge in [0, 0.05) is 19.5 Å². The molecule has 1 unspecified atom stereocenters. The van der Waals surface area contributed by atoms with Gasteiger partial charge in [0.05, 0.1) is 16.6 Å². The summed E-state index contributed by atoms with van der Waals surface area (Å²) in [4.78, 5) is 16.9. The Morgan fingerprint density at radius 3 is 2.66 bits per heavy atom. The molecule has 5 heteroatoms. The van der Waals surface area contributed by atoms with E-state index in [1.54, 1.807) is 12.1 Å². The summed E-state index contributed by atoms with van der Waals surface area (Å²) in [5, 5.41) is 2.81. The van der Waals surface area contributed by atoms with Gasteiger partial charge in [0.15, 0.2) is 0 Å². The Hall–Kier alpha value is -2.69. The standard InChI is InChI=1S/C24H30FN3O/c1-3-18(2)17-28-22-14-9-8-13-21(22)27-23(28)15-5-4-10-16-26-24(29)19-11-6-7-12-20(19)25/h6-9,11-14,18H,3-5,10,15-17H2,1-2H3,(H,26,29). The number of rotatable bonds is 10. The zero-order valence-electron chi connectivity index (χ0n) is 17.3. The minimum Gasteiger partial charge on any atom is -0.352 e. The average Bonchev–Trinajstić information content (AvgIpc) is 3.08. The van der Waals surface area contributed by atoms with E-state index in [1.807, 2.05) is 6.07 Å². The fourth-order valence-corrected chi connectivity index (χ4v) is 3.49. The van der Waals surface area contributed by atoms with Crippen LogP contribution >= 0.6 is 0 Å². The van der Waals surface area contributed by atoms with Crippen molar-refractivity contribution in [3.8, 4) is 0 Å². The Morgan fingerprint density at radius 1 is 1.10 bits per heavy atom. The molecule has 3 rings (SSSR count). The number of carbonyl (C=O) groups excluding carboxylic acids is 1. The number of benzene rings is 2. The number of aryl methyl sites for hydroxylation is 1. The maximum Gasteiger partial charge on any atom is 0.254 e. The first kappa shape index (κ1) is 21.0. The Labute approximate surface area is 172 Å². The molecular weight excluding hydrogens is 365 g/mol. The van der Waals surface area contributed by atoms with Crippen molar-refractivity contribution in [2.45, 2.75) is 52.5 Å². The fraction of sp³-hybridized carbons (Fsp3) is 0.417. The number of halogens is 1. The number of imidazole rings is 1. The van der Waals surface area contributed by atoms with E-state index < -0.39 is 5.82 Å². The van der Waals surface area contributed by atoms with Gasteiger partial charge < -0.3 is 9.88 Å². The van der Waals surface area contributed by atoms with Crippen molar-refractivity contribution in [2.24, 2.45) is 5.92 Å². The van der Waals surface area contributed by atoms with Crippen LogP contribution in [0, 0.1) is 11.7 Å². The lowest BCUT2D eigenvalue weighted by Gasteiger charge is -2.14. The highest BCUT2D eigenvalue weighted by molar-refractivity contribution is 5.94. The normalized spacial score (nSPS) is 12.2. The third kappa shape index (κ3) is 5.43. The monoisotopic (exact) mass is 395 g/mol. The first-order chi connectivity index (χ1) is 14.1. The van der Waals surface area contributed by atoms with Crippen molar-refractivity contribution < 1.29 is 9.18 Å². The SMILES string of the molecule is CCC(C)Cn1c(CCCCCNC(=O)c2ccccc2F)nc2ccccc21. The van der Waals surface area contributed by atoms with Gasteiger partial charge in [-0.15, -0.1) is 0 Å². The molecule has 0 aliphatic rings.